The number of fused-ring (bicyclic) bond motifs is 2. The summed E-state index contributed by atoms with van der Waals surface area (Å²) >= 11 is 8.91. The van der Waals surface area contributed by atoms with E-state index in [1.54, 1.807) is 23.9 Å². The highest BCUT2D eigenvalue weighted by Crippen LogP contribution is 2.30. The quantitative estimate of drug-likeness (QED) is 0.113. The topological polar surface area (TPSA) is 127 Å². The number of halogens is 1. The van der Waals surface area contributed by atoms with Gasteiger partial charge in [0.15, 0.2) is 4.34 Å². The van der Waals surface area contributed by atoms with E-state index in [0.717, 1.165) is 11.1 Å². The van der Waals surface area contributed by atoms with Crippen LogP contribution in [0.1, 0.15) is 27.9 Å². The van der Waals surface area contributed by atoms with Gasteiger partial charge in [0, 0.05) is 37.2 Å². The monoisotopic (exact) mass is 581 g/mol. The molecule has 200 valence electrons. The number of carbonyl (C=O) groups is 1. The zero-order valence-corrected chi connectivity index (χ0v) is 23.5. The van der Waals surface area contributed by atoms with Crippen molar-refractivity contribution in [1.29, 1.82) is 5.41 Å². The molecule has 0 atom stereocenters. The van der Waals surface area contributed by atoms with E-state index in [1.165, 1.54) is 33.6 Å². The molecule has 0 aliphatic rings. The number of pyridine rings is 2. The average molecular weight is 582 g/mol. The lowest BCUT2D eigenvalue weighted by Gasteiger charge is -2.15. The molecule has 13 heteroatoms. The molecule has 5 rings (SSSR count). The van der Waals surface area contributed by atoms with Crippen molar-refractivity contribution in [2.45, 2.75) is 30.0 Å². The zero-order valence-electron chi connectivity index (χ0n) is 21.1. The standard InChI is InChI=1S/C26H24ClN7O3S2/c1-15-7-5-10-34-21(15)29-22-18(24(34)36)13-17(20(28)33(22)11-6-12-37-2)23(35)30-25-31-32-26(39-25)38-14-16-8-3-4-9-19(16)27/h3-5,7-10,13,28H,6,11-12,14H2,1-2H3,(H,30,31,35). The lowest BCUT2D eigenvalue weighted by Crippen LogP contribution is -2.32. The van der Waals surface area contributed by atoms with Crippen molar-refractivity contribution in [3.63, 3.8) is 0 Å². The number of nitrogens with one attached hydrogen (secondary N) is 2. The van der Waals surface area contributed by atoms with Gasteiger partial charge in [-0.05, 0) is 42.7 Å². The van der Waals surface area contributed by atoms with Crippen molar-refractivity contribution in [2.75, 3.05) is 19.0 Å². The van der Waals surface area contributed by atoms with Crippen molar-refractivity contribution in [3.05, 3.63) is 86.2 Å². The maximum atomic E-state index is 13.4. The van der Waals surface area contributed by atoms with Gasteiger partial charge < -0.3 is 9.30 Å². The molecule has 0 saturated carbocycles. The Labute approximate surface area is 236 Å². The number of nitrogens with zero attached hydrogens (tertiary/aromatic N) is 5. The number of rotatable bonds is 9. The third-order valence-corrected chi connectivity index (χ3v) is 8.43. The van der Waals surface area contributed by atoms with Gasteiger partial charge in [0.05, 0.1) is 10.9 Å². The molecule has 1 amide bonds. The number of carbonyl (C=O) groups excluding carboxylic acids is 1. The first-order chi connectivity index (χ1) is 18.9. The highest BCUT2D eigenvalue weighted by molar-refractivity contribution is 8.00. The summed E-state index contributed by atoms with van der Waals surface area (Å²) < 4.78 is 8.88. The van der Waals surface area contributed by atoms with E-state index in [9.17, 15) is 9.59 Å². The second-order valence-electron chi connectivity index (χ2n) is 8.65. The lowest BCUT2D eigenvalue weighted by molar-refractivity contribution is 0.102. The number of ether oxygens (including phenoxy) is 1. The first kappa shape index (κ1) is 27.0. The fourth-order valence-electron chi connectivity index (χ4n) is 4.09. The van der Waals surface area contributed by atoms with Crippen LogP contribution in [0.3, 0.4) is 0 Å². The minimum absolute atomic E-state index is 0.0342. The summed E-state index contributed by atoms with van der Waals surface area (Å²) in [6.07, 6.45) is 2.22. The summed E-state index contributed by atoms with van der Waals surface area (Å²) in [5.74, 6) is 0.0465. The third-order valence-electron chi connectivity index (χ3n) is 6.04. The van der Waals surface area contributed by atoms with Crippen LogP contribution in [0, 0.1) is 12.3 Å². The molecule has 5 aromatic rings. The molecule has 4 aromatic heterocycles. The molecule has 0 aliphatic heterocycles. The summed E-state index contributed by atoms with van der Waals surface area (Å²) in [6.45, 7) is 2.67. The molecule has 0 spiro atoms. The number of aromatic nitrogens is 5. The van der Waals surface area contributed by atoms with E-state index in [2.05, 4.69) is 15.5 Å². The molecule has 0 radical (unpaired) electrons. The van der Waals surface area contributed by atoms with Gasteiger partial charge in [0.1, 0.15) is 16.8 Å². The van der Waals surface area contributed by atoms with Crippen molar-refractivity contribution in [2.24, 2.45) is 0 Å². The summed E-state index contributed by atoms with van der Waals surface area (Å²) in [5, 5.41) is 21.0. The SMILES string of the molecule is COCCCn1c(=N)c(C(=O)Nc2nnc(SCc3ccccc3Cl)s2)cc2c(=O)n3cccc(C)c3nc21. The number of amides is 1. The fraction of sp³-hybridized carbons (Fsp3) is 0.231. The number of methoxy groups -OCH3 is 1. The van der Waals surface area contributed by atoms with Crippen LogP contribution in [0.2, 0.25) is 5.02 Å². The Hall–Kier alpha value is -3.58. The predicted molar refractivity (Wildman–Crippen MR) is 153 cm³/mol. The van der Waals surface area contributed by atoms with Crippen molar-refractivity contribution in [3.8, 4) is 0 Å². The molecule has 0 saturated heterocycles. The second-order valence-corrected chi connectivity index (χ2v) is 11.3. The van der Waals surface area contributed by atoms with Crippen LogP contribution in [0.4, 0.5) is 5.13 Å². The minimum Gasteiger partial charge on any atom is -0.385 e. The van der Waals surface area contributed by atoms with Gasteiger partial charge in [-0.2, -0.15) is 0 Å². The molecule has 0 unspecified atom stereocenters. The van der Waals surface area contributed by atoms with Gasteiger partial charge in [-0.25, -0.2) is 4.98 Å². The molecular formula is C26H24ClN7O3S2. The van der Waals surface area contributed by atoms with Gasteiger partial charge in [-0.3, -0.25) is 24.7 Å². The Kier molecular flexibility index (Phi) is 8.07. The number of hydrogen-bond donors (Lipinski definition) is 2. The van der Waals surface area contributed by atoms with Crippen LogP contribution in [-0.2, 0) is 17.0 Å². The zero-order chi connectivity index (χ0) is 27.5. The molecule has 0 bridgehead atoms. The van der Waals surface area contributed by atoms with Crippen LogP contribution in [0.25, 0.3) is 16.7 Å². The van der Waals surface area contributed by atoms with Crippen molar-refractivity contribution in [1.82, 2.24) is 24.1 Å². The number of anilines is 1. The van der Waals surface area contributed by atoms with E-state index >= 15 is 0 Å². The van der Waals surface area contributed by atoms with Gasteiger partial charge in [-0.15, -0.1) is 10.2 Å². The molecular weight excluding hydrogens is 558 g/mol. The number of thioether (sulfide) groups is 1. The Bertz CT molecular complexity index is 1820. The first-order valence-corrected chi connectivity index (χ1v) is 14.2. The van der Waals surface area contributed by atoms with E-state index in [4.69, 9.17) is 26.7 Å². The van der Waals surface area contributed by atoms with Gasteiger partial charge in [0.25, 0.3) is 11.5 Å². The number of hydrogen-bond acceptors (Lipinski definition) is 9. The van der Waals surface area contributed by atoms with Gasteiger partial charge >= 0.3 is 0 Å². The summed E-state index contributed by atoms with van der Waals surface area (Å²) in [7, 11) is 1.60. The molecule has 2 N–H and O–H groups in total. The third kappa shape index (κ3) is 5.59. The highest BCUT2D eigenvalue weighted by atomic mass is 35.5. The van der Waals surface area contributed by atoms with Crippen LogP contribution in [0.5, 0.6) is 0 Å². The highest BCUT2D eigenvalue weighted by Gasteiger charge is 2.19. The minimum atomic E-state index is -0.560. The largest absolute Gasteiger partial charge is 0.385 e. The maximum Gasteiger partial charge on any atom is 0.267 e. The van der Waals surface area contributed by atoms with Gasteiger partial charge in [-0.1, -0.05) is 59.0 Å². The van der Waals surface area contributed by atoms with E-state index in [0.29, 0.717) is 46.0 Å². The Balaban J connectivity index is 1.48. The molecule has 10 nitrogen and oxygen atoms in total. The fourth-order valence-corrected chi connectivity index (χ4v) is 6.13. The van der Waals surface area contributed by atoms with E-state index in [-0.39, 0.29) is 27.1 Å². The average Bonchev–Trinajstić information content (AvgIpc) is 3.37. The molecule has 4 heterocycles. The van der Waals surface area contributed by atoms with Crippen LogP contribution in [-0.4, -0.2) is 43.8 Å². The molecule has 0 aliphatic carbocycles. The molecule has 1 aromatic carbocycles. The van der Waals surface area contributed by atoms with Crippen LogP contribution < -0.4 is 16.4 Å². The summed E-state index contributed by atoms with van der Waals surface area (Å²) in [6, 6.07) is 12.6. The van der Waals surface area contributed by atoms with Crippen molar-refractivity contribution >= 4 is 62.4 Å². The smallest absolute Gasteiger partial charge is 0.267 e. The number of benzene rings is 1. The van der Waals surface area contributed by atoms with Crippen molar-refractivity contribution < 1.29 is 9.53 Å². The van der Waals surface area contributed by atoms with Gasteiger partial charge in [0.2, 0.25) is 5.13 Å². The van der Waals surface area contributed by atoms with Crippen LogP contribution >= 0.6 is 34.7 Å². The normalized spacial score (nSPS) is 11.4. The lowest BCUT2D eigenvalue weighted by atomic mass is 10.2. The van der Waals surface area contributed by atoms with Crippen LogP contribution in [0.15, 0.2) is 57.8 Å². The predicted octanol–water partition coefficient (Wildman–Crippen LogP) is 4.52. The first-order valence-electron chi connectivity index (χ1n) is 12.0. The summed E-state index contributed by atoms with van der Waals surface area (Å²) in [5.41, 5.74) is 2.31. The maximum absolute atomic E-state index is 13.4. The molecule has 39 heavy (non-hydrogen) atoms. The Morgan fingerprint density at radius 3 is 2.82 bits per heavy atom. The van der Waals surface area contributed by atoms with E-state index in [1.807, 2.05) is 37.3 Å². The molecule has 0 fully saturated rings. The Morgan fingerprint density at radius 1 is 1.21 bits per heavy atom. The Morgan fingerprint density at radius 2 is 2.03 bits per heavy atom. The van der Waals surface area contributed by atoms with E-state index < -0.39 is 5.91 Å². The second kappa shape index (κ2) is 11.7. The number of aryl methyl sites for hydroxylation is 2. The summed E-state index contributed by atoms with van der Waals surface area (Å²) in [4.78, 5) is 31.5.